The van der Waals surface area contributed by atoms with Crippen molar-refractivity contribution in [1.29, 1.82) is 0 Å². The third-order valence-electron chi connectivity index (χ3n) is 5.31. The van der Waals surface area contributed by atoms with Gasteiger partial charge in [0.2, 0.25) is 11.8 Å². The van der Waals surface area contributed by atoms with Gasteiger partial charge in [-0.3, -0.25) is 14.6 Å². The van der Waals surface area contributed by atoms with Gasteiger partial charge < -0.3 is 20.2 Å². The van der Waals surface area contributed by atoms with Crippen LogP contribution < -0.4 is 5.32 Å². The average Bonchev–Trinajstić information content (AvgIpc) is 3.31. The summed E-state index contributed by atoms with van der Waals surface area (Å²) in [5.74, 6) is -7.09. The molecule has 33 heavy (non-hydrogen) atoms. The standard InChI is InChI=1S/C17H18F2N4O3.C2HF3O2/c18-17(19)4-11(5-17)16(25)23-8-12-13(9-23)26-22-14(12)15(24)21-7-10-2-1-3-20-6-10;3-2(4,5)1(6)7/h1-3,6,11-13H,4-5,7-9H2,(H,21,24);(H,6,7)/t12-,13+;/m0./s1. The van der Waals surface area contributed by atoms with Crippen LogP contribution >= 0.6 is 0 Å². The lowest BCUT2D eigenvalue weighted by Crippen LogP contribution is -2.46. The zero-order valence-electron chi connectivity index (χ0n) is 16.9. The highest BCUT2D eigenvalue weighted by molar-refractivity contribution is 6.40. The average molecular weight is 478 g/mol. The second-order valence-electron chi connectivity index (χ2n) is 7.78. The quantitative estimate of drug-likeness (QED) is 0.634. The van der Waals surface area contributed by atoms with E-state index in [4.69, 9.17) is 14.7 Å². The summed E-state index contributed by atoms with van der Waals surface area (Å²) < 4.78 is 57.7. The van der Waals surface area contributed by atoms with E-state index in [2.05, 4.69) is 15.5 Å². The van der Waals surface area contributed by atoms with E-state index >= 15 is 0 Å². The van der Waals surface area contributed by atoms with Crippen molar-refractivity contribution in [1.82, 2.24) is 15.2 Å². The number of amides is 2. The molecule has 9 nitrogen and oxygen atoms in total. The maximum atomic E-state index is 13.0. The summed E-state index contributed by atoms with van der Waals surface area (Å²) in [6, 6.07) is 3.62. The summed E-state index contributed by atoms with van der Waals surface area (Å²) in [4.78, 5) is 44.4. The molecular weight excluding hydrogens is 459 g/mol. The summed E-state index contributed by atoms with van der Waals surface area (Å²) in [5.41, 5.74) is 1.10. The van der Waals surface area contributed by atoms with Crippen molar-refractivity contribution < 1.29 is 46.3 Å². The molecule has 2 N–H and O–H groups in total. The van der Waals surface area contributed by atoms with Gasteiger partial charge in [0.05, 0.1) is 12.5 Å². The van der Waals surface area contributed by atoms with Crippen molar-refractivity contribution in [3.8, 4) is 0 Å². The molecule has 3 aliphatic rings. The number of nitrogens with one attached hydrogen (secondary N) is 1. The Bertz CT molecular complexity index is 932. The number of aromatic nitrogens is 1. The van der Waals surface area contributed by atoms with Crippen LogP contribution in [0.2, 0.25) is 0 Å². The predicted octanol–water partition coefficient (Wildman–Crippen LogP) is 1.59. The molecule has 1 saturated carbocycles. The summed E-state index contributed by atoms with van der Waals surface area (Å²) in [7, 11) is 0. The smallest absolute Gasteiger partial charge is 0.475 e. The molecule has 180 valence electrons. The molecule has 1 aromatic heterocycles. The van der Waals surface area contributed by atoms with Gasteiger partial charge in [-0.15, -0.1) is 0 Å². The first-order valence-corrected chi connectivity index (χ1v) is 9.75. The number of nitrogens with zero attached hydrogens (tertiary/aromatic N) is 3. The van der Waals surface area contributed by atoms with Crippen LogP contribution in [0.25, 0.3) is 0 Å². The fraction of sp³-hybridized carbons (Fsp3) is 0.526. The van der Waals surface area contributed by atoms with Gasteiger partial charge in [0.1, 0.15) is 0 Å². The third-order valence-corrected chi connectivity index (χ3v) is 5.31. The van der Waals surface area contributed by atoms with E-state index in [0.717, 1.165) is 5.56 Å². The van der Waals surface area contributed by atoms with Crippen LogP contribution in [-0.2, 0) is 25.8 Å². The predicted molar refractivity (Wildman–Crippen MR) is 99.8 cm³/mol. The maximum Gasteiger partial charge on any atom is 0.490 e. The Labute approximate surface area is 183 Å². The van der Waals surface area contributed by atoms with Crippen LogP contribution in [0, 0.1) is 11.8 Å². The minimum absolute atomic E-state index is 0.244. The molecule has 1 aliphatic carbocycles. The van der Waals surface area contributed by atoms with Crippen LogP contribution in [0.3, 0.4) is 0 Å². The highest BCUT2D eigenvalue weighted by Crippen LogP contribution is 2.44. The molecular formula is C19H19F5N4O5. The van der Waals surface area contributed by atoms with Gasteiger partial charge in [0, 0.05) is 44.2 Å². The zero-order chi connectivity index (χ0) is 24.4. The molecule has 3 heterocycles. The molecule has 2 amide bonds. The molecule has 0 spiro atoms. The van der Waals surface area contributed by atoms with Crippen molar-refractivity contribution in [2.24, 2.45) is 17.0 Å². The highest BCUT2D eigenvalue weighted by Gasteiger charge is 2.53. The number of carboxylic acid groups (broad SMARTS) is 1. The van der Waals surface area contributed by atoms with Gasteiger partial charge >= 0.3 is 12.1 Å². The van der Waals surface area contributed by atoms with Gasteiger partial charge in [-0.05, 0) is 11.6 Å². The van der Waals surface area contributed by atoms with Crippen molar-refractivity contribution in [2.75, 3.05) is 13.1 Å². The van der Waals surface area contributed by atoms with Crippen molar-refractivity contribution in [3.05, 3.63) is 30.1 Å². The van der Waals surface area contributed by atoms with Crippen LogP contribution in [0.1, 0.15) is 18.4 Å². The number of carboxylic acids is 1. The molecule has 2 fully saturated rings. The Hall–Kier alpha value is -3.32. The lowest BCUT2D eigenvalue weighted by Gasteiger charge is -2.36. The molecule has 0 radical (unpaired) electrons. The number of hydrogen-bond acceptors (Lipinski definition) is 6. The molecule has 14 heteroatoms. The summed E-state index contributed by atoms with van der Waals surface area (Å²) in [6.45, 7) is 0.849. The Balaban J connectivity index is 0.000000383. The number of pyridine rings is 1. The number of aliphatic carboxylic acids is 1. The number of hydrogen-bond donors (Lipinski definition) is 2. The minimum atomic E-state index is -5.08. The number of oxime groups is 1. The van der Waals surface area contributed by atoms with Gasteiger partial charge in [-0.1, -0.05) is 11.2 Å². The van der Waals surface area contributed by atoms with E-state index in [1.165, 1.54) is 4.90 Å². The van der Waals surface area contributed by atoms with Crippen molar-refractivity contribution >= 4 is 23.5 Å². The minimum Gasteiger partial charge on any atom is -0.475 e. The molecule has 1 saturated heterocycles. The Morgan fingerprint density at radius 2 is 1.91 bits per heavy atom. The second kappa shape index (κ2) is 9.27. The number of carbonyl (C=O) groups excluding carboxylic acids is 2. The first-order valence-electron chi connectivity index (χ1n) is 9.75. The number of likely N-dealkylation sites (tertiary alicyclic amines) is 1. The highest BCUT2D eigenvalue weighted by atomic mass is 19.4. The monoisotopic (exact) mass is 478 g/mol. The second-order valence-corrected chi connectivity index (χ2v) is 7.78. The van der Waals surface area contributed by atoms with Crippen LogP contribution in [-0.4, -0.2) is 69.8 Å². The first kappa shape index (κ1) is 24.3. The Kier molecular flexibility index (Phi) is 6.84. The number of alkyl halides is 5. The van der Waals surface area contributed by atoms with E-state index < -0.39 is 42.9 Å². The van der Waals surface area contributed by atoms with Crippen molar-refractivity contribution in [2.45, 2.75) is 37.6 Å². The SMILES string of the molecule is O=C(NCc1cccnc1)C1=NO[C@@H]2CN(C(=O)C3CC(F)(F)C3)C[C@H]12.O=C(O)C(F)(F)F. The molecule has 1 aromatic rings. The lowest BCUT2D eigenvalue weighted by molar-refractivity contribution is -0.192. The molecule has 2 atom stereocenters. The number of carbonyl (C=O) groups is 3. The fourth-order valence-corrected chi connectivity index (χ4v) is 3.59. The normalized spacial score (nSPS) is 23.3. The summed E-state index contributed by atoms with van der Waals surface area (Å²) in [5, 5.41) is 13.7. The van der Waals surface area contributed by atoms with Gasteiger partial charge in [0.15, 0.2) is 11.8 Å². The van der Waals surface area contributed by atoms with E-state index in [1.807, 2.05) is 6.07 Å². The van der Waals surface area contributed by atoms with Gasteiger partial charge in [0.25, 0.3) is 5.91 Å². The van der Waals surface area contributed by atoms with Crippen LogP contribution in [0.5, 0.6) is 0 Å². The van der Waals surface area contributed by atoms with Crippen LogP contribution in [0.4, 0.5) is 22.0 Å². The fourth-order valence-electron chi connectivity index (χ4n) is 3.59. The lowest BCUT2D eigenvalue weighted by atomic mass is 9.80. The first-order chi connectivity index (χ1) is 15.4. The Morgan fingerprint density at radius 3 is 2.45 bits per heavy atom. The van der Waals surface area contributed by atoms with E-state index in [0.29, 0.717) is 6.54 Å². The summed E-state index contributed by atoms with van der Waals surface area (Å²) >= 11 is 0. The van der Waals surface area contributed by atoms with Gasteiger partial charge in [-0.2, -0.15) is 13.2 Å². The third kappa shape index (κ3) is 5.93. The molecule has 0 aromatic carbocycles. The maximum absolute atomic E-state index is 13.0. The molecule has 0 unspecified atom stereocenters. The van der Waals surface area contributed by atoms with Crippen LogP contribution in [0.15, 0.2) is 29.7 Å². The van der Waals surface area contributed by atoms with E-state index in [-0.39, 0.29) is 36.5 Å². The number of halogens is 5. The van der Waals surface area contributed by atoms with Crippen molar-refractivity contribution in [3.63, 3.8) is 0 Å². The number of fused-ring (bicyclic) bond motifs is 1. The van der Waals surface area contributed by atoms with E-state index in [1.54, 1.807) is 18.5 Å². The van der Waals surface area contributed by atoms with E-state index in [9.17, 15) is 31.5 Å². The summed E-state index contributed by atoms with van der Waals surface area (Å²) in [6.07, 6.45) is -2.97. The Morgan fingerprint density at radius 1 is 1.24 bits per heavy atom. The molecule has 2 aliphatic heterocycles. The number of rotatable bonds is 4. The topological polar surface area (TPSA) is 121 Å². The molecule has 0 bridgehead atoms. The van der Waals surface area contributed by atoms with Gasteiger partial charge in [-0.25, -0.2) is 13.6 Å². The molecule has 4 rings (SSSR count). The largest absolute Gasteiger partial charge is 0.490 e. The zero-order valence-corrected chi connectivity index (χ0v) is 16.9.